The number of carbonyl (C=O) groups is 2. The van der Waals surface area contributed by atoms with Gasteiger partial charge < -0.3 is 14.6 Å². The molecule has 0 radical (unpaired) electrons. The van der Waals surface area contributed by atoms with Crippen LogP contribution in [0, 0.1) is 0 Å². The minimum Gasteiger partial charge on any atom is -0.462 e. The fourth-order valence-corrected chi connectivity index (χ4v) is 4.81. The Kier molecular flexibility index (Phi) is 36.2. The van der Waals surface area contributed by atoms with Gasteiger partial charge in [-0.05, 0) is 77.0 Å². The number of aliphatic hydroxyl groups is 1. The van der Waals surface area contributed by atoms with Gasteiger partial charge in [-0.15, -0.1) is 0 Å². The molecule has 1 atom stereocenters. The molecule has 0 saturated heterocycles. The summed E-state index contributed by atoms with van der Waals surface area (Å²) >= 11 is 0. The predicted octanol–water partition coefficient (Wildman–Crippen LogP) is 11.9. The lowest BCUT2D eigenvalue weighted by Crippen LogP contribution is -2.28. The van der Waals surface area contributed by atoms with Gasteiger partial charge in [-0.25, -0.2) is 0 Å². The van der Waals surface area contributed by atoms with Crippen molar-refractivity contribution in [2.75, 3.05) is 13.2 Å². The third-order valence-corrected chi connectivity index (χ3v) is 7.69. The quantitative estimate of drug-likeness (QED) is 0.0429. The summed E-state index contributed by atoms with van der Waals surface area (Å²) in [6.45, 7) is 3.92. The second-order valence-electron chi connectivity index (χ2n) is 12.3. The molecule has 1 N–H and O–H groups in total. The average molecular weight is 667 g/mol. The summed E-state index contributed by atoms with van der Waals surface area (Å²) in [6, 6.07) is 0. The van der Waals surface area contributed by atoms with E-state index in [9.17, 15) is 14.7 Å². The summed E-state index contributed by atoms with van der Waals surface area (Å²) in [6.07, 6.45) is 52.2. The summed E-state index contributed by atoms with van der Waals surface area (Å²) in [5, 5.41) is 9.54. The van der Waals surface area contributed by atoms with Gasteiger partial charge in [-0.1, -0.05) is 150 Å². The standard InChI is InChI=1S/C43H70O5/c1-3-5-7-9-11-13-15-17-19-20-21-22-24-25-27-29-31-33-35-37-42(45)47-40-41(39-44)48-43(46)38-36-34-32-30-28-26-23-18-16-14-12-10-8-6-4-2/h5,7,11,13-14,16-17,19,21-22,25,27,31,33,41,44H,3-4,6,8-10,12,15,18,20,23-24,26,28-30,32,34-40H2,1-2H3/b7-5-,13-11-,16-14-,19-17-,22-21-,27-25-,33-31-/t41-/m0/s1. The number of esters is 2. The largest absolute Gasteiger partial charge is 0.462 e. The fraction of sp³-hybridized carbons (Fsp3) is 0.628. The van der Waals surface area contributed by atoms with Gasteiger partial charge in [0.25, 0.3) is 0 Å². The molecule has 272 valence electrons. The van der Waals surface area contributed by atoms with E-state index in [0.29, 0.717) is 12.8 Å². The first-order valence-corrected chi connectivity index (χ1v) is 19.1. The number of unbranched alkanes of at least 4 members (excludes halogenated alkanes) is 11. The zero-order valence-electron chi connectivity index (χ0n) is 30.7. The van der Waals surface area contributed by atoms with Crippen LogP contribution in [0.15, 0.2) is 85.1 Å². The lowest BCUT2D eigenvalue weighted by molar-refractivity contribution is -0.161. The van der Waals surface area contributed by atoms with Crippen LogP contribution in [0.1, 0.15) is 155 Å². The molecule has 0 aromatic carbocycles. The van der Waals surface area contributed by atoms with Crippen LogP contribution in [0.4, 0.5) is 0 Å². The predicted molar refractivity (Wildman–Crippen MR) is 205 cm³/mol. The smallest absolute Gasteiger partial charge is 0.306 e. The summed E-state index contributed by atoms with van der Waals surface area (Å²) < 4.78 is 10.5. The van der Waals surface area contributed by atoms with Crippen LogP contribution in [0.25, 0.3) is 0 Å². The van der Waals surface area contributed by atoms with Crippen LogP contribution < -0.4 is 0 Å². The molecule has 0 fully saturated rings. The fourth-order valence-electron chi connectivity index (χ4n) is 4.81. The highest BCUT2D eigenvalue weighted by atomic mass is 16.6. The van der Waals surface area contributed by atoms with E-state index < -0.39 is 6.10 Å². The third-order valence-electron chi connectivity index (χ3n) is 7.69. The van der Waals surface area contributed by atoms with Gasteiger partial charge in [0.1, 0.15) is 6.61 Å². The summed E-state index contributed by atoms with van der Waals surface area (Å²) in [5.41, 5.74) is 0. The van der Waals surface area contributed by atoms with Gasteiger partial charge in [-0.2, -0.15) is 0 Å². The molecule has 0 aliphatic carbocycles. The van der Waals surface area contributed by atoms with E-state index >= 15 is 0 Å². The van der Waals surface area contributed by atoms with Crippen molar-refractivity contribution >= 4 is 11.9 Å². The number of rotatable bonds is 33. The number of allylic oxidation sites excluding steroid dienone is 14. The van der Waals surface area contributed by atoms with Crippen molar-refractivity contribution in [1.82, 2.24) is 0 Å². The Labute approximate surface area is 295 Å². The highest BCUT2D eigenvalue weighted by Gasteiger charge is 2.15. The Morgan fingerprint density at radius 2 is 0.938 bits per heavy atom. The first kappa shape index (κ1) is 45.1. The maximum Gasteiger partial charge on any atom is 0.306 e. The van der Waals surface area contributed by atoms with Crippen LogP contribution in [0.2, 0.25) is 0 Å². The van der Waals surface area contributed by atoms with Gasteiger partial charge in [0.05, 0.1) is 6.61 Å². The molecule has 5 heteroatoms. The van der Waals surface area contributed by atoms with Gasteiger partial charge >= 0.3 is 11.9 Å². The maximum atomic E-state index is 12.1. The van der Waals surface area contributed by atoms with Crippen molar-refractivity contribution < 1.29 is 24.2 Å². The molecule has 0 amide bonds. The molecule has 0 aromatic rings. The minimum absolute atomic E-state index is 0.112. The van der Waals surface area contributed by atoms with Gasteiger partial charge in [-0.3, -0.25) is 9.59 Å². The molecule has 0 aromatic heterocycles. The van der Waals surface area contributed by atoms with Gasteiger partial charge in [0.2, 0.25) is 0 Å². The van der Waals surface area contributed by atoms with Crippen molar-refractivity contribution in [2.24, 2.45) is 0 Å². The van der Waals surface area contributed by atoms with Crippen molar-refractivity contribution in [3.05, 3.63) is 85.1 Å². The Balaban J connectivity index is 3.73. The number of hydrogen-bond acceptors (Lipinski definition) is 5. The van der Waals surface area contributed by atoms with Crippen molar-refractivity contribution in [3.63, 3.8) is 0 Å². The van der Waals surface area contributed by atoms with Crippen molar-refractivity contribution in [1.29, 1.82) is 0 Å². The highest BCUT2D eigenvalue weighted by molar-refractivity contribution is 5.70. The highest BCUT2D eigenvalue weighted by Crippen LogP contribution is 2.12. The van der Waals surface area contributed by atoms with E-state index in [1.165, 1.54) is 64.2 Å². The van der Waals surface area contributed by atoms with Crippen LogP contribution in [-0.2, 0) is 19.1 Å². The van der Waals surface area contributed by atoms with Crippen LogP contribution in [-0.4, -0.2) is 36.4 Å². The Morgan fingerprint density at radius 3 is 1.44 bits per heavy atom. The first-order chi connectivity index (χ1) is 23.6. The number of ether oxygens (including phenoxy) is 2. The normalized spacial score (nSPS) is 13.1. The second-order valence-corrected chi connectivity index (χ2v) is 12.3. The minimum atomic E-state index is -0.808. The van der Waals surface area contributed by atoms with Crippen molar-refractivity contribution in [2.45, 2.75) is 161 Å². The molecule has 0 rings (SSSR count). The topological polar surface area (TPSA) is 72.8 Å². The van der Waals surface area contributed by atoms with E-state index in [4.69, 9.17) is 9.47 Å². The second kappa shape index (κ2) is 38.5. The molecule has 5 nitrogen and oxygen atoms in total. The van der Waals surface area contributed by atoms with E-state index in [0.717, 1.165) is 57.8 Å². The zero-order chi connectivity index (χ0) is 35.0. The number of aliphatic hydroxyl groups excluding tert-OH is 1. The maximum absolute atomic E-state index is 12.1. The number of carbonyl (C=O) groups excluding carboxylic acids is 2. The Hall–Kier alpha value is -2.92. The van der Waals surface area contributed by atoms with Gasteiger partial charge in [0, 0.05) is 12.8 Å². The molecule has 0 spiro atoms. The average Bonchev–Trinajstić information content (AvgIpc) is 3.09. The van der Waals surface area contributed by atoms with Crippen LogP contribution >= 0.6 is 0 Å². The monoisotopic (exact) mass is 667 g/mol. The van der Waals surface area contributed by atoms with Crippen molar-refractivity contribution in [3.8, 4) is 0 Å². The molecule has 0 saturated carbocycles. The molecule has 48 heavy (non-hydrogen) atoms. The van der Waals surface area contributed by atoms with E-state index in [2.05, 4.69) is 86.8 Å². The lowest BCUT2D eigenvalue weighted by atomic mass is 10.1. The molecule has 0 aliphatic heterocycles. The molecule has 0 unspecified atom stereocenters. The lowest BCUT2D eigenvalue weighted by Gasteiger charge is -2.15. The van der Waals surface area contributed by atoms with Crippen LogP contribution in [0.3, 0.4) is 0 Å². The summed E-state index contributed by atoms with van der Waals surface area (Å²) in [4.78, 5) is 24.2. The molecule has 0 bridgehead atoms. The van der Waals surface area contributed by atoms with Crippen LogP contribution in [0.5, 0.6) is 0 Å². The van der Waals surface area contributed by atoms with E-state index in [1.807, 2.05) is 12.2 Å². The molecule has 0 heterocycles. The SMILES string of the molecule is CC/C=C\C/C=C\C/C=C\C/C=C\C/C=C\C/C=C\CCC(=O)OC[C@H](CO)OC(=O)CCCCCCCCC/C=C\CCCCCC. The molecular weight excluding hydrogens is 596 g/mol. The Morgan fingerprint density at radius 1 is 0.500 bits per heavy atom. The summed E-state index contributed by atoms with van der Waals surface area (Å²) in [5.74, 6) is -0.702. The van der Waals surface area contributed by atoms with Gasteiger partial charge in [0.15, 0.2) is 6.10 Å². The molecular formula is C43H70O5. The summed E-state index contributed by atoms with van der Waals surface area (Å²) in [7, 11) is 0. The van der Waals surface area contributed by atoms with E-state index in [1.54, 1.807) is 0 Å². The zero-order valence-corrected chi connectivity index (χ0v) is 30.7. The molecule has 0 aliphatic rings. The first-order valence-electron chi connectivity index (χ1n) is 19.1. The number of hydrogen-bond donors (Lipinski definition) is 1. The third kappa shape index (κ3) is 35.9. The van der Waals surface area contributed by atoms with E-state index in [-0.39, 0.29) is 31.6 Å². The Bertz CT molecular complexity index is 937.